The molecule has 7 heteroatoms. The summed E-state index contributed by atoms with van der Waals surface area (Å²) in [6.07, 6.45) is 3.59. The fourth-order valence-electron chi connectivity index (χ4n) is 5.74. The number of hydrogen-bond acceptors (Lipinski definition) is 3. The van der Waals surface area contributed by atoms with Crippen LogP contribution >= 0.6 is 11.3 Å². The topological polar surface area (TPSA) is 25.8 Å². The average molecular weight is 822 g/mol. The van der Waals surface area contributed by atoms with Crippen molar-refractivity contribution >= 4 is 55.5 Å². The van der Waals surface area contributed by atoms with Gasteiger partial charge in [0.25, 0.3) is 0 Å². The van der Waals surface area contributed by atoms with E-state index < -0.39 is 19.8 Å². The fraction of sp³-hybridized carbons (Fsp3) is 0.179. The number of hydrogen-bond donors (Lipinski definition) is 0. The molecule has 0 saturated heterocycles. The zero-order valence-corrected chi connectivity index (χ0v) is 30.8. The normalized spacial score (nSPS) is 12.0. The van der Waals surface area contributed by atoms with Crippen molar-refractivity contribution in [3.05, 3.63) is 126 Å². The maximum absolute atomic E-state index is 15.3. The Morgan fingerprint density at radius 3 is 2.26 bits per heavy atom. The van der Waals surface area contributed by atoms with Crippen molar-refractivity contribution in [2.24, 2.45) is 0 Å². The molecule has 3 heterocycles. The molecule has 4 aromatic carbocycles. The zero-order valence-electron chi connectivity index (χ0n) is 27.6. The monoisotopic (exact) mass is 822 g/mol. The number of nitrogens with zero attached hydrogens (tertiary/aromatic N) is 2. The van der Waals surface area contributed by atoms with Crippen molar-refractivity contribution < 1.29 is 30.3 Å². The van der Waals surface area contributed by atoms with E-state index >= 15 is 4.39 Å². The standard InChI is InChI=1S/C24H16F2NS.C15H18NSi.Ir/c1-13(2)14-11-12-27-22(21(14)26)19-7-3-5-17-18-10-9-15-16(6-4-8-20(15)25)23(18)28-24(17)19;1-12-10-14(13-8-6-5-7-9-13)16-11-15(12)17(2,3)4;/h3-6,8-13H,1-2H3;5-8,10-11H,1-4H3;/q2*-1;/i13D;;. The largest absolute Gasteiger partial charge is 0.305 e. The first-order valence-electron chi connectivity index (χ1n) is 15.4. The molecule has 0 N–H and O–H groups in total. The van der Waals surface area contributed by atoms with Crippen LogP contribution in [0.2, 0.25) is 19.6 Å². The Morgan fingerprint density at radius 1 is 0.826 bits per heavy atom. The Bertz CT molecular complexity index is 2220. The second kappa shape index (κ2) is 13.6. The first kappa shape index (κ1) is 32.3. The Hall–Kier alpha value is -3.61. The molecule has 0 atom stereocenters. The van der Waals surface area contributed by atoms with Crippen LogP contribution < -0.4 is 5.19 Å². The number of aryl methyl sites for hydroxylation is 1. The number of pyridine rings is 2. The van der Waals surface area contributed by atoms with Gasteiger partial charge in [0.15, 0.2) is 0 Å². The van der Waals surface area contributed by atoms with Crippen LogP contribution in [0, 0.1) is 30.7 Å². The third kappa shape index (κ3) is 6.47. The van der Waals surface area contributed by atoms with Crippen molar-refractivity contribution in [1.82, 2.24) is 9.97 Å². The molecule has 0 saturated carbocycles. The average Bonchev–Trinajstić information content (AvgIpc) is 3.41. The summed E-state index contributed by atoms with van der Waals surface area (Å²) >= 11 is 1.49. The smallest absolute Gasteiger partial charge is 0.131 e. The molecule has 7 aromatic rings. The summed E-state index contributed by atoms with van der Waals surface area (Å²) < 4.78 is 39.6. The minimum Gasteiger partial charge on any atom is -0.305 e. The second-order valence-corrected chi connectivity index (χ2v) is 18.5. The van der Waals surface area contributed by atoms with Crippen LogP contribution in [0.15, 0.2) is 91.3 Å². The minimum atomic E-state index is -1.27. The molecule has 46 heavy (non-hydrogen) atoms. The molecule has 0 aliphatic rings. The van der Waals surface area contributed by atoms with Gasteiger partial charge in [0.2, 0.25) is 0 Å². The molecule has 1 radical (unpaired) electrons. The van der Waals surface area contributed by atoms with Gasteiger partial charge in [-0.25, -0.2) is 8.78 Å². The van der Waals surface area contributed by atoms with Gasteiger partial charge in [-0.2, -0.15) is 11.3 Å². The molecule has 0 unspecified atom stereocenters. The van der Waals surface area contributed by atoms with Gasteiger partial charge in [-0.3, -0.25) is 0 Å². The van der Waals surface area contributed by atoms with Crippen LogP contribution in [0.4, 0.5) is 8.78 Å². The summed E-state index contributed by atoms with van der Waals surface area (Å²) in [5, 5.41) is 4.80. The van der Waals surface area contributed by atoms with E-state index in [1.54, 1.807) is 38.1 Å². The van der Waals surface area contributed by atoms with Gasteiger partial charge in [0.05, 0.1) is 8.07 Å². The summed E-state index contributed by atoms with van der Waals surface area (Å²) in [6, 6.07) is 30.5. The minimum absolute atomic E-state index is 0. The van der Waals surface area contributed by atoms with Gasteiger partial charge >= 0.3 is 0 Å². The summed E-state index contributed by atoms with van der Waals surface area (Å²) in [7, 11) is -1.27. The predicted molar refractivity (Wildman–Crippen MR) is 189 cm³/mol. The van der Waals surface area contributed by atoms with Crippen LogP contribution in [-0.2, 0) is 20.1 Å². The van der Waals surface area contributed by atoms with Crippen LogP contribution in [0.25, 0.3) is 53.5 Å². The van der Waals surface area contributed by atoms with E-state index in [-0.39, 0.29) is 31.6 Å². The summed E-state index contributed by atoms with van der Waals surface area (Å²) in [4.78, 5) is 8.86. The Morgan fingerprint density at radius 2 is 1.57 bits per heavy atom. The molecular weight excluding hydrogens is 787 g/mol. The van der Waals surface area contributed by atoms with Crippen molar-refractivity contribution in [2.75, 3.05) is 0 Å². The third-order valence-corrected chi connectivity index (χ3v) is 11.4. The van der Waals surface area contributed by atoms with E-state index in [2.05, 4.69) is 67.0 Å². The van der Waals surface area contributed by atoms with Gasteiger partial charge in [0.1, 0.15) is 11.6 Å². The van der Waals surface area contributed by atoms with E-state index in [0.29, 0.717) is 16.5 Å². The fourth-order valence-corrected chi connectivity index (χ4v) is 8.77. The van der Waals surface area contributed by atoms with Gasteiger partial charge < -0.3 is 9.97 Å². The number of fused-ring (bicyclic) bond motifs is 5. The van der Waals surface area contributed by atoms with Gasteiger partial charge in [0, 0.05) is 55.0 Å². The number of rotatable bonds is 4. The number of benzene rings is 4. The third-order valence-electron chi connectivity index (χ3n) is 7.97. The molecule has 0 bridgehead atoms. The first-order valence-corrected chi connectivity index (χ1v) is 19.2. The van der Waals surface area contributed by atoms with Gasteiger partial charge in [-0.05, 0) is 51.5 Å². The van der Waals surface area contributed by atoms with E-state index in [9.17, 15) is 4.39 Å². The number of thiophene rings is 1. The van der Waals surface area contributed by atoms with E-state index in [1.807, 2.05) is 36.4 Å². The quantitative estimate of drug-likeness (QED) is 0.131. The van der Waals surface area contributed by atoms with Gasteiger partial charge in [-0.1, -0.05) is 74.8 Å². The van der Waals surface area contributed by atoms with Crippen LogP contribution in [0.1, 0.15) is 32.2 Å². The van der Waals surface area contributed by atoms with Crippen molar-refractivity contribution in [1.29, 1.82) is 0 Å². The van der Waals surface area contributed by atoms with Crippen LogP contribution in [-0.4, -0.2) is 18.0 Å². The SMILES string of the molecule is Cc1cc(-c2[c-]cccc2)ncc1[Si](C)(C)C.[2H]C(C)(C)c1ccnc(-c2[c-]ccc3c2sc2c4cccc(F)c4ccc32)c1F.[Ir]. The summed E-state index contributed by atoms with van der Waals surface area (Å²) in [5.41, 5.74) is 4.49. The van der Waals surface area contributed by atoms with Crippen molar-refractivity contribution in [2.45, 2.75) is 46.3 Å². The van der Waals surface area contributed by atoms with Crippen LogP contribution in [0.3, 0.4) is 0 Å². The molecule has 7 rings (SSSR count). The molecule has 235 valence electrons. The van der Waals surface area contributed by atoms with Crippen molar-refractivity contribution in [3.8, 4) is 22.5 Å². The first-order chi connectivity index (χ1) is 21.8. The maximum atomic E-state index is 15.3. The number of halogens is 2. The second-order valence-electron chi connectivity index (χ2n) is 12.4. The molecule has 0 amide bonds. The number of aromatic nitrogens is 2. The van der Waals surface area contributed by atoms with E-state index in [0.717, 1.165) is 36.8 Å². The molecule has 0 aliphatic heterocycles. The molecule has 0 fully saturated rings. The molecule has 0 aliphatic carbocycles. The molecular formula is C39H34F2IrN2SSi-2. The Kier molecular flexibility index (Phi) is 9.58. The molecule has 0 spiro atoms. The molecule has 3 aromatic heterocycles. The predicted octanol–water partition coefficient (Wildman–Crippen LogP) is 10.9. The van der Waals surface area contributed by atoms with E-state index in [1.165, 1.54) is 34.4 Å². The maximum Gasteiger partial charge on any atom is 0.131 e. The summed E-state index contributed by atoms with van der Waals surface area (Å²) in [5.74, 6) is -1.83. The Balaban J connectivity index is 0.000000207. The Labute approximate surface area is 289 Å². The molecule has 2 nitrogen and oxygen atoms in total. The van der Waals surface area contributed by atoms with E-state index in [4.69, 9.17) is 1.37 Å². The van der Waals surface area contributed by atoms with Gasteiger partial charge in [-0.15, -0.1) is 59.7 Å². The van der Waals surface area contributed by atoms with Crippen molar-refractivity contribution in [3.63, 3.8) is 0 Å². The summed E-state index contributed by atoms with van der Waals surface area (Å²) in [6.45, 7) is 12.5. The van der Waals surface area contributed by atoms with Crippen LogP contribution in [0.5, 0.6) is 0 Å². The zero-order chi connectivity index (χ0) is 32.8.